The number of carbonyl (C=O) groups is 2. The summed E-state index contributed by atoms with van der Waals surface area (Å²) in [6.07, 6.45) is -0.656. The van der Waals surface area contributed by atoms with Gasteiger partial charge in [0.15, 0.2) is 17.6 Å². The minimum Gasteiger partial charge on any atom is -0.493 e. The van der Waals surface area contributed by atoms with Gasteiger partial charge in [0.05, 0.1) is 19.9 Å². The standard InChI is InChI=1S/C20H22N2O5/c1-12(19(23)21-14-9-10-17(25-3)18(11-14)26-4)22-15-7-5-6-8-16(15)27-13(2)20(22)24/h5-13H,1-4H3,(H,21,23). The third-order valence-corrected chi connectivity index (χ3v) is 4.43. The van der Waals surface area contributed by atoms with Crippen LogP contribution in [0.25, 0.3) is 0 Å². The first kappa shape index (κ1) is 18.6. The van der Waals surface area contributed by atoms with Gasteiger partial charge in [-0.3, -0.25) is 14.5 Å². The van der Waals surface area contributed by atoms with E-state index in [2.05, 4.69) is 5.32 Å². The number of carbonyl (C=O) groups excluding carboxylic acids is 2. The maximum absolute atomic E-state index is 12.8. The Bertz CT molecular complexity index is 867. The van der Waals surface area contributed by atoms with Crippen molar-refractivity contribution >= 4 is 23.2 Å². The van der Waals surface area contributed by atoms with Crippen molar-refractivity contribution in [1.82, 2.24) is 0 Å². The van der Waals surface area contributed by atoms with Crippen LogP contribution in [-0.2, 0) is 9.59 Å². The highest BCUT2D eigenvalue weighted by atomic mass is 16.5. The quantitative estimate of drug-likeness (QED) is 0.876. The van der Waals surface area contributed by atoms with Gasteiger partial charge in [0.2, 0.25) is 5.91 Å². The Labute approximate surface area is 157 Å². The Morgan fingerprint density at radius 1 is 1.15 bits per heavy atom. The van der Waals surface area contributed by atoms with Gasteiger partial charge in [-0.05, 0) is 38.1 Å². The second-order valence-corrected chi connectivity index (χ2v) is 6.17. The molecule has 0 bridgehead atoms. The first-order valence-corrected chi connectivity index (χ1v) is 8.58. The van der Waals surface area contributed by atoms with Crippen LogP contribution in [0.3, 0.4) is 0 Å². The molecule has 0 saturated carbocycles. The molecule has 7 heteroatoms. The molecule has 0 spiro atoms. The van der Waals surface area contributed by atoms with Crippen LogP contribution in [0.2, 0.25) is 0 Å². The molecular formula is C20H22N2O5. The molecular weight excluding hydrogens is 348 g/mol. The monoisotopic (exact) mass is 370 g/mol. The molecule has 0 fully saturated rings. The number of hydrogen-bond donors (Lipinski definition) is 1. The molecule has 2 atom stereocenters. The van der Waals surface area contributed by atoms with Crippen molar-refractivity contribution in [3.8, 4) is 17.2 Å². The van der Waals surface area contributed by atoms with Gasteiger partial charge < -0.3 is 19.5 Å². The van der Waals surface area contributed by atoms with E-state index in [9.17, 15) is 9.59 Å². The first-order valence-electron chi connectivity index (χ1n) is 8.58. The second-order valence-electron chi connectivity index (χ2n) is 6.17. The molecule has 2 aromatic rings. The van der Waals surface area contributed by atoms with Gasteiger partial charge in [-0.2, -0.15) is 0 Å². The van der Waals surface area contributed by atoms with Crippen molar-refractivity contribution in [2.24, 2.45) is 0 Å². The summed E-state index contributed by atoms with van der Waals surface area (Å²) in [4.78, 5) is 26.9. The van der Waals surface area contributed by atoms with E-state index in [0.717, 1.165) is 0 Å². The van der Waals surface area contributed by atoms with Crippen molar-refractivity contribution in [3.63, 3.8) is 0 Å². The van der Waals surface area contributed by atoms with E-state index >= 15 is 0 Å². The molecule has 0 radical (unpaired) electrons. The summed E-state index contributed by atoms with van der Waals surface area (Å²) in [6, 6.07) is 11.5. The Morgan fingerprint density at radius 2 is 1.85 bits per heavy atom. The van der Waals surface area contributed by atoms with Crippen molar-refractivity contribution < 1.29 is 23.8 Å². The van der Waals surface area contributed by atoms with Gasteiger partial charge in [-0.1, -0.05) is 12.1 Å². The number of para-hydroxylation sites is 2. The zero-order valence-electron chi connectivity index (χ0n) is 15.7. The van der Waals surface area contributed by atoms with Crippen molar-refractivity contribution in [2.45, 2.75) is 26.0 Å². The van der Waals surface area contributed by atoms with Crippen LogP contribution in [0, 0.1) is 0 Å². The summed E-state index contributed by atoms with van der Waals surface area (Å²) < 4.78 is 16.1. The molecule has 1 aliphatic heterocycles. The Balaban J connectivity index is 1.84. The van der Waals surface area contributed by atoms with Crippen LogP contribution in [0.4, 0.5) is 11.4 Å². The number of methoxy groups -OCH3 is 2. The van der Waals surface area contributed by atoms with Gasteiger partial charge in [0, 0.05) is 11.8 Å². The third-order valence-electron chi connectivity index (χ3n) is 4.43. The van der Waals surface area contributed by atoms with Gasteiger partial charge in [-0.25, -0.2) is 0 Å². The van der Waals surface area contributed by atoms with Gasteiger partial charge in [0.1, 0.15) is 11.8 Å². The van der Waals surface area contributed by atoms with Crippen molar-refractivity contribution in [1.29, 1.82) is 0 Å². The van der Waals surface area contributed by atoms with E-state index in [0.29, 0.717) is 28.6 Å². The fraction of sp³-hybridized carbons (Fsp3) is 0.300. The molecule has 1 N–H and O–H groups in total. The summed E-state index contributed by atoms with van der Waals surface area (Å²) in [5, 5.41) is 2.82. The lowest BCUT2D eigenvalue weighted by Crippen LogP contribution is -2.52. The lowest BCUT2D eigenvalue weighted by molar-refractivity contribution is -0.128. The number of fused-ring (bicyclic) bond motifs is 1. The van der Waals surface area contributed by atoms with E-state index in [4.69, 9.17) is 14.2 Å². The fourth-order valence-corrected chi connectivity index (χ4v) is 2.99. The molecule has 1 heterocycles. The summed E-state index contributed by atoms with van der Waals surface area (Å²) in [5.74, 6) is 1.07. The summed E-state index contributed by atoms with van der Waals surface area (Å²) >= 11 is 0. The predicted molar refractivity (Wildman–Crippen MR) is 102 cm³/mol. The molecule has 142 valence electrons. The summed E-state index contributed by atoms with van der Waals surface area (Å²) in [7, 11) is 3.07. The van der Waals surface area contributed by atoms with E-state index in [1.54, 1.807) is 57.4 Å². The number of amides is 2. The highest BCUT2D eigenvalue weighted by molar-refractivity contribution is 6.07. The summed E-state index contributed by atoms with van der Waals surface area (Å²) in [5.41, 5.74) is 1.13. The highest BCUT2D eigenvalue weighted by Gasteiger charge is 2.37. The topological polar surface area (TPSA) is 77.1 Å². The minimum absolute atomic E-state index is 0.260. The lowest BCUT2D eigenvalue weighted by Gasteiger charge is -2.36. The number of hydrogen-bond acceptors (Lipinski definition) is 5. The zero-order valence-corrected chi connectivity index (χ0v) is 15.7. The molecule has 27 heavy (non-hydrogen) atoms. The number of anilines is 2. The maximum atomic E-state index is 12.8. The predicted octanol–water partition coefficient (Wildman–Crippen LogP) is 2.84. The third kappa shape index (κ3) is 3.53. The molecule has 2 amide bonds. The van der Waals surface area contributed by atoms with Gasteiger partial charge in [0.25, 0.3) is 5.91 Å². The fourth-order valence-electron chi connectivity index (χ4n) is 2.99. The average molecular weight is 370 g/mol. The Kier molecular flexibility index (Phi) is 5.21. The van der Waals surface area contributed by atoms with Crippen LogP contribution < -0.4 is 24.4 Å². The van der Waals surface area contributed by atoms with Crippen LogP contribution in [0.1, 0.15) is 13.8 Å². The number of rotatable bonds is 5. The van der Waals surface area contributed by atoms with E-state index in [-0.39, 0.29) is 11.8 Å². The minimum atomic E-state index is -0.724. The number of ether oxygens (including phenoxy) is 3. The number of nitrogens with one attached hydrogen (secondary N) is 1. The number of nitrogens with zero attached hydrogens (tertiary/aromatic N) is 1. The van der Waals surface area contributed by atoms with E-state index in [1.807, 2.05) is 6.07 Å². The van der Waals surface area contributed by atoms with Crippen molar-refractivity contribution in [3.05, 3.63) is 42.5 Å². The Hall–Kier alpha value is -3.22. The smallest absolute Gasteiger partial charge is 0.268 e. The van der Waals surface area contributed by atoms with Gasteiger partial charge >= 0.3 is 0 Å². The molecule has 0 aromatic heterocycles. The van der Waals surface area contributed by atoms with E-state index < -0.39 is 12.1 Å². The molecule has 3 rings (SSSR count). The maximum Gasteiger partial charge on any atom is 0.268 e. The molecule has 0 saturated heterocycles. The van der Waals surface area contributed by atoms with Crippen LogP contribution in [0.5, 0.6) is 17.2 Å². The molecule has 2 unspecified atom stereocenters. The SMILES string of the molecule is COc1ccc(NC(=O)C(C)N2C(=O)C(C)Oc3ccccc32)cc1OC. The van der Waals surface area contributed by atoms with Gasteiger partial charge in [-0.15, -0.1) is 0 Å². The highest BCUT2D eigenvalue weighted by Crippen LogP contribution is 2.35. The lowest BCUT2D eigenvalue weighted by atomic mass is 10.1. The molecule has 2 aromatic carbocycles. The molecule has 0 aliphatic carbocycles. The average Bonchev–Trinajstić information content (AvgIpc) is 2.68. The number of benzene rings is 2. The second kappa shape index (κ2) is 7.57. The Morgan fingerprint density at radius 3 is 2.56 bits per heavy atom. The van der Waals surface area contributed by atoms with Crippen LogP contribution in [0.15, 0.2) is 42.5 Å². The molecule has 7 nitrogen and oxygen atoms in total. The van der Waals surface area contributed by atoms with Crippen LogP contribution in [-0.4, -0.2) is 38.2 Å². The first-order chi connectivity index (χ1) is 13.0. The summed E-state index contributed by atoms with van der Waals surface area (Å²) in [6.45, 7) is 3.35. The largest absolute Gasteiger partial charge is 0.493 e. The van der Waals surface area contributed by atoms with Crippen molar-refractivity contribution in [2.75, 3.05) is 24.4 Å². The van der Waals surface area contributed by atoms with E-state index in [1.165, 1.54) is 12.0 Å². The normalized spacial score (nSPS) is 16.8. The molecule has 1 aliphatic rings. The zero-order chi connectivity index (χ0) is 19.6. The van der Waals surface area contributed by atoms with Crippen LogP contribution >= 0.6 is 0 Å².